The summed E-state index contributed by atoms with van der Waals surface area (Å²) in [5, 5.41) is 2.74. The second-order valence-corrected chi connectivity index (χ2v) is 7.82. The van der Waals surface area contributed by atoms with E-state index in [9.17, 15) is 4.79 Å². The molecule has 2 aliphatic heterocycles. The Labute approximate surface area is 167 Å². The number of aromatic nitrogens is 1. The molecule has 0 bridgehead atoms. The molecule has 142 valence electrons. The molecule has 5 nitrogen and oxygen atoms in total. The van der Waals surface area contributed by atoms with Crippen molar-refractivity contribution in [2.45, 2.75) is 18.9 Å². The van der Waals surface area contributed by atoms with Crippen LogP contribution in [-0.2, 0) is 0 Å². The van der Waals surface area contributed by atoms with Gasteiger partial charge in [-0.1, -0.05) is 36.4 Å². The Balaban J connectivity index is 1.40. The number of amides is 1. The summed E-state index contributed by atoms with van der Waals surface area (Å²) in [6, 6.07) is 16.0. The van der Waals surface area contributed by atoms with E-state index >= 15 is 0 Å². The number of likely N-dealkylation sites (tertiary alicyclic amines) is 1. The van der Waals surface area contributed by atoms with Gasteiger partial charge in [0.1, 0.15) is 23.9 Å². The SMILES string of the molecule is O=C(c1csc(-c2ccccc2)n1)N1CCC[C@H]1c1ccc2c(c1)OCCO2. The van der Waals surface area contributed by atoms with Crippen LogP contribution in [0.2, 0.25) is 0 Å². The van der Waals surface area contributed by atoms with E-state index in [0.717, 1.165) is 47.0 Å². The molecule has 0 N–H and O–H groups in total. The lowest BCUT2D eigenvalue weighted by Crippen LogP contribution is -2.30. The summed E-state index contributed by atoms with van der Waals surface area (Å²) in [4.78, 5) is 19.7. The summed E-state index contributed by atoms with van der Waals surface area (Å²) in [5.74, 6) is 1.54. The van der Waals surface area contributed by atoms with Crippen LogP contribution in [0.4, 0.5) is 0 Å². The van der Waals surface area contributed by atoms with Gasteiger partial charge in [0, 0.05) is 17.5 Å². The van der Waals surface area contributed by atoms with Crippen molar-refractivity contribution in [1.82, 2.24) is 9.88 Å². The van der Waals surface area contributed by atoms with E-state index in [0.29, 0.717) is 18.9 Å². The third kappa shape index (κ3) is 3.14. The Hall–Kier alpha value is -2.86. The van der Waals surface area contributed by atoms with Gasteiger partial charge in [-0.05, 0) is 30.5 Å². The molecule has 0 radical (unpaired) electrons. The van der Waals surface area contributed by atoms with Crippen molar-refractivity contribution in [3.8, 4) is 22.1 Å². The predicted octanol–water partition coefficient (Wildman–Crippen LogP) is 4.56. The number of carbonyl (C=O) groups is 1. The van der Waals surface area contributed by atoms with Crippen LogP contribution in [0.25, 0.3) is 10.6 Å². The molecule has 0 saturated carbocycles. The number of rotatable bonds is 3. The van der Waals surface area contributed by atoms with Crippen molar-refractivity contribution < 1.29 is 14.3 Å². The lowest BCUT2D eigenvalue weighted by molar-refractivity contribution is 0.0730. The molecule has 1 fully saturated rings. The molecule has 6 heteroatoms. The van der Waals surface area contributed by atoms with Gasteiger partial charge in [-0.25, -0.2) is 4.98 Å². The number of hydrogen-bond acceptors (Lipinski definition) is 5. The van der Waals surface area contributed by atoms with Gasteiger partial charge in [0.25, 0.3) is 5.91 Å². The maximum Gasteiger partial charge on any atom is 0.273 e. The Kier molecular flexibility index (Phi) is 4.49. The molecule has 2 aromatic carbocycles. The smallest absolute Gasteiger partial charge is 0.273 e. The summed E-state index contributed by atoms with van der Waals surface area (Å²) in [6.45, 7) is 1.88. The van der Waals surface area contributed by atoms with Gasteiger partial charge in [-0.2, -0.15) is 0 Å². The molecule has 1 aromatic heterocycles. The van der Waals surface area contributed by atoms with Crippen molar-refractivity contribution >= 4 is 17.2 Å². The summed E-state index contributed by atoms with van der Waals surface area (Å²) < 4.78 is 11.3. The van der Waals surface area contributed by atoms with E-state index in [1.54, 1.807) is 0 Å². The largest absolute Gasteiger partial charge is 0.486 e. The third-order valence-electron chi connectivity index (χ3n) is 5.21. The molecule has 1 saturated heterocycles. The van der Waals surface area contributed by atoms with Crippen LogP contribution in [0.15, 0.2) is 53.9 Å². The van der Waals surface area contributed by atoms with Gasteiger partial charge in [-0.15, -0.1) is 11.3 Å². The Morgan fingerprint density at radius 1 is 1.07 bits per heavy atom. The predicted molar refractivity (Wildman–Crippen MR) is 108 cm³/mol. The number of fused-ring (bicyclic) bond motifs is 1. The fraction of sp³-hybridized carbons (Fsp3) is 0.273. The first-order valence-corrected chi connectivity index (χ1v) is 10.4. The molecule has 0 unspecified atom stereocenters. The summed E-state index contributed by atoms with van der Waals surface area (Å²) in [6.07, 6.45) is 1.93. The summed E-state index contributed by atoms with van der Waals surface area (Å²) in [5.41, 5.74) is 2.65. The van der Waals surface area contributed by atoms with Crippen molar-refractivity contribution in [2.75, 3.05) is 19.8 Å². The number of hydrogen-bond donors (Lipinski definition) is 0. The zero-order chi connectivity index (χ0) is 18.9. The molecule has 1 amide bonds. The zero-order valence-electron chi connectivity index (χ0n) is 15.3. The van der Waals surface area contributed by atoms with Crippen LogP contribution in [0, 0.1) is 0 Å². The van der Waals surface area contributed by atoms with E-state index in [2.05, 4.69) is 4.98 Å². The van der Waals surface area contributed by atoms with E-state index in [-0.39, 0.29) is 11.9 Å². The van der Waals surface area contributed by atoms with Crippen LogP contribution in [-0.4, -0.2) is 35.5 Å². The van der Waals surface area contributed by atoms with Crippen molar-refractivity contribution in [3.05, 3.63) is 65.2 Å². The third-order valence-corrected chi connectivity index (χ3v) is 6.10. The van der Waals surface area contributed by atoms with E-state index in [1.807, 2.05) is 58.8 Å². The maximum absolute atomic E-state index is 13.2. The molecule has 0 aliphatic carbocycles. The normalized spacial score (nSPS) is 18.3. The van der Waals surface area contributed by atoms with Crippen molar-refractivity contribution in [2.24, 2.45) is 0 Å². The minimum Gasteiger partial charge on any atom is -0.486 e. The highest BCUT2D eigenvalue weighted by molar-refractivity contribution is 7.13. The number of benzene rings is 2. The number of thiazole rings is 1. The molecule has 5 rings (SSSR count). The first-order chi connectivity index (χ1) is 13.8. The van der Waals surface area contributed by atoms with E-state index in [4.69, 9.17) is 9.47 Å². The van der Waals surface area contributed by atoms with Crippen molar-refractivity contribution in [1.29, 1.82) is 0 Å². The Morgan fingerprint density at radius 2 is 1.89 bits per heavy atom. The average Bonchev–Trinajstić information content (AvgIpc) is 3.44. The van der Waals surface area contributed by atoms with Crippen molar-refractivity contribution in [3.63, 3.8) is 0 Å². The second-order valence-electron chi connectivity index (χ2n) is 6.96. The minimum absolute atomic E-state index is 0.00387. The summed E-state index contributed by atoms with van der Waals surface area (Å²) >= 11 is 1.51. The molecule has 0 spiro atoms. The lowest BCUT2D eigenvalue weighted by atomic mass is 10.0. The molecular weight excluding hydrogens is 372 g/mol. The maximum atomic E-state index is 13.2. The Morgan fingerprint density at radius 3 is 2.75 bits per heavy atom. The first-order valence-electron chi connectivity index (χ1n) is 9.51. The first kappa shape index (κ1) is 17.3. The van der Waals surface area contributed by atoms with Gasteiger partial charge < -0.3 is 14.4 Å². The minimum atomic E-state index is -0.00387. The lowest BCUT2D eigenvalue weighted by Gasteiger charge is -2.26. The molecule has 28 heavy (non-hydrogen) atoms. The fourth-order valence-corrected chi connectivity index (χ4v) is 4.66. The fourth-order valence-electron chi connectivity index (χ4n) is 3.86. The van der Waals surface area contributed by atoms with Gasteiger partial charge in [0.05, 0.1) is 6.04 Å². The van der Waals surface area contributed by atoms with Gasteiger partial charge in [0.2, 0.25) is 0 Å². The quantitative estimate of drug-likeness (QED) is 0.656. The van der Waals surface area contributed by atoms with Crippen LogP contribution in [0.3, 0.4) is 0 Å². The highest BCUT2D eigenvalue weighted by atomic mass is 32.1. The van der Waals surface area contributed by atoms with Gasteiger partial charge in [-0.3, -0.25) is 4.79 Å². The van der Waals surface area contributed by atoms with Crippen LogP contribution in [0.5, 0.6) is 11.5 Å². The Bertz CT molecular complexity index is 1000. The van der Waals surface area contributed by atoms with E-state index < -0.39 is 0 Å². The summed E-state index contributed by atoms with van der Waals surface area (Å²) in [7, 11) is 0. The second kappa shape index (κ2) is 7.28. The topological polar surface area (TPSA) is 51.7 Å². The highest BCUT2D eigenvalue weighted by Gasteiger charge is 2.32. The van der Waals surface area contributed by atoms with Crippen LogP contribution in [0.1, 0.15) is 34.9 Å². The number of nitrogens with zero attached hydrogens (tertiary/aromatic N) is 2. The molecular formula is C22H20N2O3S. The monoisotopic (exact) mass is 392 g/mol. The number of ether oxygens (including phenoxy) is 2. The highest BCUT2D eigenvalue weighted by Crippen LogP contribution is 2.39. The molecule has 3 heterocycles. The van der Waals surface area contributed by atoms with E-state index in [1.165, 1.54) is 11.3 Å². The standard InChI is InChI=1S/C22H20N2O3S/c25-22(17-14-28-21(23-17)15-5-2-1-3-6-15)24-10-4-7-18(24)16-8-9-19-20(13-16)27-12-11-26-19/h1-3,5-6,8-9,13-14,18H,4,7,10-12H2/t18-/m0/s1. The molecule has 3 aromatic rings. The van der Waals surface area contributed by atoms with Gasteiger partial charge >= 0.3 is 0 Å². The number of carbonyl (C=O) groups excluding carboxylic acids is 1. The zero-order valence-corrected chi connectivity index (χ0v) is 16.2. The molecule has 2 aliphatic rings. The van der Waals surface area contributed by atoms with Gasteiger partial charge in [0.15, 0.2) is 11.5 Å². The average molecular weight is 392 g/mol. The molecule has 1 atom stereocenters. The van der Waals surface area contributed by atoms with Crippen LogP contribution < -0.4 is 9.47 Å². The van der Waals surface area contributed by atoms with Crippen LogP contribution >= 0.6 is 11.3 Å².